The number of hydrogen-bond acceptors (Lipinski definition) is 5. The van der Waals surface area contributed by atoms with Crippen molar-refractivity contribution >= 4 is 5.91 Å². The van der Waals surface area contributed by atoms with Crippen LogP contribution in [0.2, 0.25) is 0 Å². The van der Waals surface area contributed by atoms with E-state index >= 15 is 0 Å². The third-order valence-corrected chi connectivity index (χ3v) is 3.99. The number of aromatic nitrogens is 4. The molecule has 3 aromatic heterocycles. The molecule has 0 saturated carbocycles. The first kappa shape index (κ1) is 17.4. The van der Waals surface area contributed by atoms with Gasteiger partial charge in [0.15, 0.2) is 5.82 Å². The van der Waals surface area contributed by atoms with Gasteiger partial charge >= 0.3 is 0 Å². The van der Waals surface area contributed by atoms with Crippen LogP contribution in [0.1, 0.15) is 15.9 Å². The van der Waals surface area contributed by atoms with Crippen molar-refractivity contribution in [1.82, 2.24) is 25.1 Å². The first-order valence-electron chi connectivity index (χ1n) is 8.69. The molecule has 0 radical (unpaired) electrons. The van der Waals surface area contributed by atoms with Crippen LogP contribution in [0, 0.1) is 0 Å². The van der Waals surface area contributed by atoms with E-state index in [2.05, 4.69) is 20.4 Å². The third kappa shape index (κ3) is 4.21. The normalized spacial score (nSPS) is 10.4. The smallest absolute Gasteiger partial charge is 0.251 e. The van der Waals surface area contributed by atoms with Gasteiger partial charge in [0.2, 0.25) is 0 Å². The average Bonchev–Trinajstić information content (AvgIpc) is 3.29. The highest BCUT2D eigenvalue weighted by Gasteiger charge is 2.07. The number of amides is 1. The largest absolute Gasteiger partial charge is 0.456 e. The summed E-state index contributed by atoms with van der Waals surface area (Å²) >= 11 is 0. The van der Waals surface area contributed by atoms with Crippen LogP contribution >= 0.6 is 0 Å². The number of carbonyl (C=O) groups excluding carboxylic acids is 1. The number of ether oxygens (including phenoxy) is 1. The summed E-state index contributed by atoms with van der Waals surface area (Å²) in [4.78, 5) is 20.7. The van der Waals surface area contributed by atoms with Crippen LogP contribution < -0.4 is 10.1 Å². The number of rotatable bonds is 6. The minimum Gasteiger partial charge on any atom is -0.456 e. The predicted molar refractivity (Wildman–Crippen MR) is 103 cm³/mol. The summed E-state index contributed by atoms with van der Waals surface area (Å²) in [7, 11) is 0. The Labute approximate surface area is 161 Å². The van der Waals surface area contributed by atoms with Crippen molar-refractivity contribution < 1.29 is 9.53 Å². The van der Waals surface area contributed by atoms with E-state index in [9.17, 15) is 4.79 Å². The first-order valence-corrected chi connectivity index (χ1v) is 8.69. The Hall–Kier alpha value is -4.00. The molecule has 4 rings (SSSR count). The van der Waals surface area contributed by atoms with E-state index < -0.39 is 0 Å². The summed E-state index contributed by atoms with van der Waals surface area (Å²) in [5, 5.41) is 7.07. The molecule has 0 aliphatic carbocycles. The summed E-state index contributed by atoms with van der Waals surface area (Å²) in [6.45, 7) is 0.392. The minimum atomic E-state index is -0.162. The highest BCUT2D eigenvalue weighted by atomic mass is 16.5. The number of carbonyl (C=O) groups is 1. The van der Waals surface area contributed by atoms with Gasteiger partial charge in [-0.05, 0) is 60.2 Å². The number of nitrogens with one attached hydrogen (secondary N) is 1. The maximum Gasteiger partial charge on any atom is 0.251 e. The van der Waals surface area contributed by atoms with Crippen molar-refractivity contribution in [2.24, 2.45) is 0 Å². The van der Waals surface area contributed by atoms with Gasteiger partial charge in [0.25, 0.3) is 5.91 Å². The van der Waals surface area contributed by atoms with Gasteiger partial charge in [0, 0.05) is 36.9 Å². The van der Waals surface area contributed by atoms with Gasteiger partial charge < -0.3 is 10.1 Å². The third-order valence-electron chi connectivity index (χ3n) is 3.99. The zero-order valence-electron chi connectivity index (χ0n) is 14.9. The first-order chi connectivity index (χ1) is 13.8. The molecule has 0 spiro atoms. The minimum absolute atomic E-state index is 0.162. The molecule has 4 aromatic rings. The summed E-state index contributed by atoms with van der Waals surface area (Å²) in [5.41, 5.74) is 1.49. The number of hydrogen-bond donors (Lipinski definition) is 1. The van der Waals surface area contributed by atoms with Crippen LogP contribution in [-0.4, -0.2) is 25.7 Å². The molecule has 7 nitrogen and oxygen atoms in total. The van der Waals surface area contributed by atoms with Crippen molar-refractivity contribution in [2.45, 2.75) is 6.54 Å². The standard InChI is InChI=1S/C21H17N5O2/c27-21(17-4-6-18(7-5-17)28-19-3-1-9-22-15-19)24-14-16-8-11-23-20(13-16)26-12-2-10-25-26/h1-13,15H,14H2,(H,24,27). The fraction of sp³-hybridized carbons (Fsp3) is 0.0476. The lowest BCUT2D eigenvalue weighted by atomic mass is 10.2. The van der Waals surface area contributed by atoms with E-state index in [0.717, 1.165) is 5.56 Å². The van der Waals surface area contributed by atoms with Gasteiger partial charge in [-0.1, -0.05) is 0 Å². The number of benzene rings is 1. The van der Waals surface area contributed by atoms with Crippen LogP contribution in [0.5, 0.6) is 11.5 Å². The molecule has 1 amide bonds. The summed E-state index contributed by atoms with van der Waals surface area (Å²) in [6.07, 6.45) is 8.52. The van der Waals surface area contributed by atoms with E-state index in [1.54, 1.807) is 59.8 Å². The highest BCUT2D eigenvalue weighted by molar-refractivity contribution is 5.94. The maximum absolute atomic E-state index is 12.4. The molecule has 7 heteroatoms. The van der Waals surface area contributed by atoms with Crippen LogP contribution in [0.3, 0.4) is 0 Å². The maximum atomic E-state index is 12.4. The van der Waals surface area contributed by atoms with Crippen LogP contribution in [0.4, 0.5) is 0 Å². The fourth-order valence-electron chi connectivity index (χ4n) is 2.60. The second-order valence-electron chi connectivity index (χ2n) is 5.97. The monoisotopic (exact) mass is 371 g/mol. The lowest BCUT2D eigenvalue weighted by molar-refractivity contribution is 0.0951. The quantitative estimate of drug-likeness (QED) is 0.562. The Kier molecular flexibility index (Phi) is 5.06. The second-order valence-corrected chi connectivity index (χ2v) is 5.97. The SMILES string of the molecule is O=C(NCc1ccnc(-n2cccn2)c1)c1ccc(Oc2cccnc2)cc1. The van der Waals surface area contributed by atoms with Gasteiger partial charge in [0.05, 0.1) is 6.20 Å². The van der Waals surface area contributed by atoms with Gasteiger partial charge in [-0.25, -0.2) is 9.67 Å². The van der Waals surface area contributed by atoms with Gasteiger partial charge in [-0.2, -0.15) is 5.10 Å². The van der Waals surface area contributed by atoms with E-state index in [4.69, 9.17) is 4.74 Å². The van der Waals surface area contributed by atoms with Crippen molar-refractivity contribution in [3.05, 3.63) is 96.7 Å². The molecule has 0 unspecified atom stereocenters. The molecule has 28 heavy (non-hydrogen) atoms. The zero-order chi connectivity index (χ0) is 19.2. The van der Waals surface area contributed by atoms with Gasteiger partial charge in [-0.3, -0.25) is 9.78 Å². The molecule has 0 atom stereocenters. The fourth-order valence-corrected chi connectivity index (χ4v) is 2.60. The average molecular weight is 371 g/mol. The Bertz CT molecular complexity index is 1050. The van der Waals surface area contributed by atoms with Crippen molar-refractivity contribution in [2.75, 3.05) is 0 Å². The summed E-state index contributed by atoms with van der Waals surface area (Å²) in [5.74, 6) is 1.83. The molecular formula is C21H17N5O2. The van der Waals surface area contributed by atoms with Gasteiger partial charge in [-0.15, -0.1) is 0 Å². The molecule has 138 valence electrons. The highest BCUT2D eigenvalue weighted by Crippen LogP contribution is 2.20. The van der Waals surface area contributed by atoms with E-state index in [0.29, 0.717) is 29.4 Å². The molecule has 3 heterocycles. The van der Waals surface area contributed by atoms with Crippen LogP contribution in [0.15, 0.2) is 85.6 Å². The molecule has 0 aliphatic rings. The molecule has 1 N–H and O–H groups in total. The Morgan fingerprint density at radius 3 is 2.64 bits per heavy atom. The summed E-state index contributed by atoms with van der Waals surface area (Å²) < 4.78 is 7.35. The van der Waals surface area contributed by atoms with Crippen molar-refractivity contribution in [1.29, 1.82) is 0 Å². The van der Waals surface area contributed by atoms with Crippen molar-refractivity contribution in [3.63, 3.8) is 0 Å². The lowest BCUT2D eigenvalue weighted by Crippen LogP contribution is -2.22. The molecule has 0 fully saturated rings. The Morgan fingerprint density at radius 1 is 1.00 bits per heavy atom. The van der Waals surface area contributed by atoms with Crippen molar-refractivity contribution in [3.8, 4) is 17.3 Å². The van der Waals surface area contributed by atoms with E-state index in [1.807, 2.05) is 30.5 Å². The predicted octanol–water partition coefficient (Wildman–Crippen LogP) is 3.38. The Balaban J connectivity index is 1.37. The second kappa shape index (κ2) is 8.13. The van der Waals surface area contributed by atoms with Crippen LogP contribution in [-0.2, 0) is 6.54 Å². The number of nitrogens with zero attached hydrogens (tertiary/aromatic N) is 4. The Morgan fingerprint density at radius 2 is 1.89 bits per heavy atom. The molecule has 0 aliphatic heterocycles. The molecular weight excluding hydrogens is 354 g/mol. The zero-order valence-corrected chi connectivity index (χ0v) is 14.9. The van der Waals surface area contributed by atoms with E-state index in [-0.39, 0.29) is 5.91 Å². The topological polar surface area (TPSA) is 81.9 Å². The molecule has 0 bridgehead atoms. The van der Waals surface area contributed by atoms with Gasteiger partial charge in [0.1, 0.15) is 11.5 Å². The summed E-state index contributed by atoms with van der Waals surface area (Å²) in [6, 6.07) is 16.2. The number of pyridine rings is 2. The molecule has 1 aromatic carbocycles. The van der Waals surface area contributed by atoms with E-state index in [1.165, 1.54) is 0 Å². The van der Waals surface area contributed by atoms with Crippen LogP contribution in [0.25, 0.3) is 5.82 Å². The molecule has 0 saturated heterocycles. The lowest BCUT2D eigenvalue weighted by Gasteiger charge is -2.08.